The molecular weight excluding hydrogens is 402 g/mol. The van der Waals surface area contributed by atoms with E-state index in [1.54, 1.807) is 18.6 Å². The molecule has 0 amide bonds. The topological polar surface area (TPSA) is 74.5 Å². The maximum absolute atomic E-state index is 5.44. The quantitative estimate of drug-likeness (QED) is 0.650. The van der Waals surface area contributed by atoms with Gasteiger partial charge in [0, 0.05) is 48.2 Å². The van der Waals surface area contributed by atoms with Gasteiger partial charge in [-0.25, -0.2) is 0 Å². The molecule has 1 fully saturated rings. The number of morpholine rings is 1. The summed E-state index contributed by atoms with van der Waals surface area (Å²) in [5.74, 6) is 1.27. The number of rotatable bonds is 3. The zero-order valence-electron chi connectivity index (χ0n) is 17.4. The van der Waals surface area contributed by atoms with E-state index >= 15 is 0 Å². The third kappa shape index (κ3) is 3.26. The van der Waals surface area contributed by atoms with Crippen LogP contribution in [0.3, 0.4) is 0 Å². The van der Waals surface area contributed by atoms with Crippen LogP contribution in [0, 0.1) is 0 Å². The van der Waals surface area contributed by atoms with E-state index in [0.29, 0.717) is 5.96 Å². The van der Waals surface area contributed by atoms with Gasteiger partial charge in [0.2, 0.25) is 0 Å². The Bertz CT molecular complexity index is 1290. The average Bonchev–Trinajstić information content (AvgIpc) is 3.24. The molecule has 1 N–H and O–H groups in total. The van der Waals surface area contributed by atoms with Crippen molar-refractivity contribution in [2.45, 2.75) is 0 Å². The molecule has 3 aliphatic rings. The van der Waals surface area contributed by atoms with Gasteiger partial charge in [-0.15, -0.1) is 0 Å². The van der Waals surface area contributed by atoms with Crippen LogP contribution in [0.15, 0.2) is 88.3 Å². The molecule has 1 unspecified atom stereocenters. The predicted octanol–water partition coefficient (Wildman–Crippen LogP) is 3.73. The summed E-state index contributed by atoms with van der Waals surface area (Å²) in [6.45, 7) is 3.38. The number of hydrogen-bond acceptors (Lipinski definition) is 7. The van der Waals surface area contributed by atoms with Gasteiger partial charge in [-0.2, -0.15) is 4.99 Å². The maximum Gasteiger partial charge on any atom is 0.287 e. The minimum Gasteiger partial charge on any atom is -0.378 e. The second-order valence-electron chi connectivity index (χ2n) is 7.81. The smallest absolute Gasteiger partial charge is 0.287 e. The fourth-order valence-electron chi connectivity index (χ4n) is 4.18. The minimum absolute atomic E-state index is 0.129. The third-order valence-electron chi connectivity index (χ3n) is 5.86. The van der Waals surface area contributed by atoms with Gasteiger partial charge in [-0.3, -0.25) is 9.98 Å². The summed E-state index contributed by atoms with van der Waals surface area (Å²) in [5, 5.41) is 9.37. The first-order valence-corrected chi connectivity index (χ1v) is 10.6. The Morgan fingerprint density at radius 1 is 1.00 bits per heavy atom. The van der Waals surface area contributed by atoms with Crippen molar-refractivity contribution in [2.24, 2.45) is 15.1 Å². The number of fused-ring (bicyclic) bond motifs is 2. The standard InChI is InChI=1S/C24H22N7O/c1-2-18-3-8-21(16-22(18)26-9-1)31-13-10-25-17-23(31)28-24(29-31)27-19-4-6-20(7-5-19)30-11-14-32-15-12-30/h1-10,13,16-17H,11-12,14-15H2,(H,27,29)/q+1. The van der Waals surface area contributed by atoms with Crippen LogP contribution >= 0.6 is 0 Å². The Kier molecular flexibility index (Phi) is 4.52. The number of nitrogens with one attached hydrogen (secondary N) is 1. The highest BCUT2D eigenvalue weighted by Crippen LogP contribution is 2.33. The lowest BCUT2D eigenvalue weighted by Gasteiger charge is -2.28. The number of quaternary nitrogens is 1. The summed E-state index contributed by atoms with van der Waals surface area (Å²) in [6, 6.07) is 18.5. The first-order chi connectivity index (χ1) is 15.8. The molecule has 0 radical (unpaired) electrons. The van der Waals surface area contributed by atoms with E-state index in [2.05, 4.69) is 68.7 Å². The number of amidine groups is 1. The highest BCUT2D eigenvalue weighted by atomic mass is 16.5. The van der Waals surface area contributed by atoms with E-state index < -0.39 is 0 Å². The van der Waals surface area contributed by atoms with Crippen molar-refractivity contribution in [3.8, 4) is 0 Å². The normalized spacial score (nSPS) is 21.9. The lowest BCUT2D eigenvalue weighted by atomic mass is 10.2. The molecule has 8 nitrogen and oxygen atoms in total. The first kappa shape index (κ1) is 18.9. The van der Waals surface area contributed by atoms with Crippen molar-refractivity contribution in [1.82, 2.24) is 9.58 Å². The van der Waals surface area contributed by atoms with Crippen molar-refractivity contribution < 1.29 is 4.74 Å². The number of benzene rings is 2. The second-order valence-corrected chi connectivity index (χ2v) is 7.81. The second kappa shape index (κ2) is 7.67. The van der Waals surface area contributed by atoms with Gasteiger partial charge in [-0.05, 0) is 41.5 Å². The maximum atomic E-state index is 5.44. The van der Waals surface area contributed by atoms with Gasteiger partial charge in [-0.1, -0.05) is 10.7 Å². The fourth-order valence-corrected chi connectivity index (χ4v) is 4.18. The molecule has 0 aliphatic carbocycles. The van der Waals surface area contributed by atoms with E-state index in [4.69, 9.17) is 14.8 Å². The molecule has 3 aromatic rings. The third-order valence-corrected chi connectivity index (χ3v) is 5.86. The summed E-state index contributed by atoms with van der Waals surface area (Å²) < 4.78 is 5.57. The molecule has 0 saturated carbocycles. The number of guanidine groups is 1. The van der Waals surface area contributed by atoms with Crippen molar-refractivity contribution in [3.63, 3.8) is 0 Å². The van der Waals surface area contributed by atoms with Crippen LogP contribution in [-0.4, -0.2) is 49.3 Å². The molecule has 6 rings (SSSR count). The molecule has 32 heavy (non-hydrogen) atoms. The van der Waals surface area contributed by atoms with Crippen molar-refractivity contribution in [1.29, 1.82) is 0 Å². The van der Waals surface area contributed by atoms with E-state index in [9.17, 15) is 0 Å². The van der Waals surface area contributed by atoms with E-state index in [0.717, 1.165) is 54.4 Å². The minimum atomic E-state index is 0.129. The van der Waals surface area contributed by atoms with Gasteiger partial charge in [0.25, 0.3) is 11.8 Å². The summed E-state index contributed by atoms with van der Waals surface area (Å²) in [7, 11) is 0. The fraction of sp³-hybridized carbons (Fsp3) is 0.167. The van der Waals surface area contributed by atoms with Gasteiger partial charge in [0.1, 0.15) is 6.21 Å². The Hall–Kier alpha value is -3.88. The van der Waals surface area contributed by atoms with Gasteiger partial charge < -0.3 is 15.0 Å². The largest absolute Gasteiger partial charge is 0.378 e. The van der Waals surface area contributed by atoms with Crippen LogP contribution in [0.25, 0.3) is 10.9 Å². The highest BCUT2D eigenvalue weighted by molar-refractivity contribution is 6.38. The Balaban J connectivity index is 1.30. The van der Waals surface area contributed by atoms with Crippen LogP contribution in [0.4, 0.5) is 17.1 Å². The number of aromatic nitrogens is 1. The molecular formula is C24H22N7O+. The highest BCUT2D eigenvalue weighted by Gasteiger charge is 2.42. The Morgan fingerprint density at radius 2 is 1.88 bits per heavy atom. The number of anilines is 2. The van der Waals surface area contributed by atoms with Crippen LogP contribution < -0.4 is 14.8 Å². The Morgan fingerprint density at radius 3 is 2.75 bits per heavy atom. The molecule has 0 spiro atoms. The van der Waals surface area contributed by atoms with Crippen molar-refractivity contribution in [3.05, 3.63) is 73.2 Å². The van der Waals surface area contributed by atoms with Gasteiger partial charge in [0.05, 0.1) is 24.9 Å². The summed E-state index contributed by atoms with van der Waals surface area (Å²) >= 11 is 0. The molecule has 158 valence electrons. The lowest BCUT2D eigenvalue weighted by molar-refractivity contribution is 0.122. The van der Waals surface area contributed by atoms with Crippen LogP contribution in [0.5, 0.6) is 0 Å². The van der Waals surface area contributed by atoms with E-state index in [1.165, 1.54) is 5.69 Å². The lowest BCUT2D eigenvalue weighted by Crippen LogP contribution is -2.44. The number of ether oxygens (including phenoxy) is 1. The molecule has 1 saturated heterocycles. The summed E-state index contributed by atoms with van der Waals surface area (Å²) in [4.78, 5) is 15.8. The molecule has 2 aromatic carbocycles. The average molecular weight is 424 g/mol. The molecule has 0 bridgehead atoms. The Labute approximate surface area is 185 Å². The molecule has 1 atom stereocenters. The van der Waals surface area contributed by atoms with Crippen molar-refractivity contribution >= 4 is 46.0 Å². The summed E-state index contributed by atoms with van der Waals surface area (Å²) in [5.41, 5.74) is 4.00. The monoisotopic (exact) mass is 424 g/mol. The number of pyridine rings is 1. The molecule has 4 heterocycles. The zero-order valence-corrected chi connectivity index (χ0v) is 17.4. The number of nitrogens with zero attached hydrogens (tertiary/aromatic N) is 6. The van der Waals surface area contributed by atoms with Crippen molar-refractivity contribution in [2.75, 3.05) is 36.5 Å². The van der Waals surface area contributed by atoms with Crippen LogP contribution in [0.2, 0.25) is 0 Å². The van der Waals surface area contributed by atoms with Crippen LogP contribution in [-0.2, 0) is 4.74 Å². The number of aliphatic imine (C=N–C) groups is 2. The number of hydrogen-bond donors (Lipinski definition) is 1. The van der Waals surface area contributed by atoms with Gasteiger partial charge >= 0.3 is 0 Å². The SMILES string of the molecule is C1=C[N+]2(c3ccc4cccnc4c3)N=C(Nc3ccc(N4CCOCC4)cc3)N=C2C=N1. The molecule has 1 aromatic heterocycles. The summed E-state index contributed by atoms with van der Waals surface area (Å²) in [6.07, 6.45) is 7.24. The van der Waals surface area contributed by atoms with E-state index in [1.807, 2.05) is 12.3 Å². The predicted molar refractivity (Wildman–Crippen MR) is 129 cm³/mol. The molecule has 8 heteroatoms. The van der Waals surface area contributed by atoms with E-state index in [-0.39, 0.29) is 4.59 Å². The first-order valence-electron chi connectivity index (χ1n) is 10.6. The molecule has 3 aliphatic heterocycles. The van der Waals surface area contributed by atoms with Gasteiger partial charge in [0.15, 0.2) is 11.9 Å². The zero-order chi connectivity index (χ0) is 21.4. The van der Waals surface area contributed by atoms with Crippen LogP contribution in [0.1, 0.15) is 0 Å².